The highest BCUT2D eigenvalue weighted by Gasteiger charge is 2.30. The van der Waals surface area contributed by atoms with Crippen molar-refractivity contribution in [2.24, 2.45) is 0 Å². The lowest BCUT2D eigenvalue weighted by Gasteiger charge is -2.06. The fourth-order valence-electron chi connectivity index (χ4n) is 1.23. The Bertz CT molecular complexity index is 548. The number of nitrogens with zero attached hydrogens (tertiary/aromatic N) is 2. The Balaban J connectivity index is 2.42. The monoisotopic (exact) mass is 242 g/mol. The molecule has 0 unspecified atom stereocenters. The van der Waals surface area contributed by atoms with Gasteiger partial charge in [0, 0.05) is 5.56 Å². The molecular formula is C10H5F3N2O2. The molecule has 0 aliphatic carbocycles. The molecule has 0 fully saturated rings. The number of aldehydes is 1. The van der Waals surface area contributed by atoms with E-state index >= 15 is 0 Å². The van der Waals surface area contributed by atoms with Gasteiger partial charge in [-0.15, -0.1) is 10.2 Å². The molecule has 0 radical (unpaired) electrons. The third kappa shape index (κ3) is 2.32. The number of rotatable bonds is 2. The first-order chi connectivity index (χ1) is 8.00. The third-order valence-corrected chi connectivity index (χ3v) is 1.98. The van der Waals surface area contributed by atoms with Crippen molar-refractivity contribution in [1.82, 2.24) is 10.2 Å². The summed E-state index contributed by atoms with van der Waals surface area (Å²) in [6.07, 6.45) is -4.12. The number of aromatic nitrogens is 2. The van der Waals surface area contributed by atoms with Gasteiger partial charge in [-0.3, -0.25) is 4.79 Å². The van der Waals surface area contributed by atoms with Crippen LogP contribution in [0.3, 0.4) is 0 Å². The van der Waals surface area contributed by atoms with Crippen LogP contribution in [0.4, 0.5) is 13.2 Å². The third-order valence-electron chi connectivity index (χ3n) is 1.98. The van der Waals surface area contributed by atoms with E-state index in [0.717, 1.165) is 12.1 Å². The van der Waals surface area contributed by atoms with Gasteiger partial charge in [-0.25, -0.2) is 0 Å². The Morgan fingerprint density at radius 3 is 2.59 bits per heavy atom. The van der Waals surface area contributed by atoms with Gasteiger partial charge in [0.15, 0.2) is 0 Å². The van der Waals surface area contributed by atoms with Gasteiger partial charge in [0.25, 0.3) is 5.89 Å². The van der Waals surface area contributed by atoms with E-state index in [9.17, 15) is 18.0 Å². The highest BCUT2D eigenvalue weighted by molar-refractivity contribution is 5.68. The van der Waals surface area contributed by atoms with Crippen molar-refractivity contribution in [3.8, 4) is 11.5 Å². The van der Waals surface area contributed by atoms with E-state index in [1.807, 2.05) is 0 Å². The molecule has 0 aliphatic rings. The highest BCUT2D eigenvalue weighted by atomic mass is 19.4. The molecule has 0 N–H and O–H groups in total. The van der Waals surface area contributed by atoms with Crippen molar-refractivity contribution in [3.05, 3.63) is 35.7 Å². The molecule has 0 saturated heterocycles. The SMILES string of the molecule is O=Cc1nnc(-c2cccc(C(F)(F)F)c2)o1. The van der Waals surface area contributed by atoms with Crippen molar-refractivity contribution in [2.45, 2.75) is 6.18 Å². The van der Waals surface area contributed by atoms with Crippen LogP contribution in [0.2, 0.25) is 0 Å². The number of carbonyl (C=O) groups excluding carboxylic acids is 1. The molecule has 0 spiro atoms. The molecule has 7 heteroatoms. The van der Waals surface area contributed by atoms with Gasteiger partial charge in [-0.1, -0.05) is 6.07 Å². The summed E-state index contributed by atoms with van der Waals surface area (Å²) in [5.41, 5.74) is -0.707. The molecule has 1 aromatic heterocycles. The fourth-order valence-corrected chi connectivity index (χ4v) is 1.23. The number of benzene rings is 1. The van der Waals surface area contributed by atoms with Crippen LogP contribution in [0.25, 0.3) is 11.5 Å². The normalized spacial score (nSPS) is 11.5. The largest absolute Gasteiger partial charge is 0.416 e. The predicted octanol–water partition coefficient (Wildman–Crippen LogP) is 2.57. The second-order valence-electron chi connectivity index (χ2n) is 3.14. The van der Waals surface area contributed by atoms with Gasteiger partial charge >= 0.3 is 6.18 Å². The maximum absolute atomic E-state index is 12.4. The lowest BCUT2D eigenvalue weighted by Crippen LogP contribution is -2.04. The van der Waals surface area contributed by atoms with E-state index < -0.39 is 11.7 Å². The second kappa shape index (κ2) is 4.00. The van der Waals surface area contributed by atoms with Gasteiger partial charge < -0.3 is 4.42 Å². The Morgan fingerprint density at radius 2 is 2.00 bits per heavy atom. The highest BCUT2D eigenvalue weighted by Crippen LogP contribution is 2.31. The molecule has 88 valence electrons. The van der Waals surface area contributed by atoms with Crippen LogP contribution in [0.5, 0.6) is 0 Å². The number of halogens is 3. The van der Waals surface area contributed by atoms with Crippen LogP contribution in [0, 0.1) is 0 Å². The summed E-state index contributed by atoms with van der Waals surface area (Å²) in [6.45, 7) is 0. The van der Waals surface area contributed by atoms with Crippen molar-refractivity contribution < 1.29 is 22.4 Å². The Labute approximate surface area is 93.1 Å². The average Bonchev–Trinajstić information content (AvgIpc) is 2.76. The minimum absolute atomic E-state index is 0.112. The van der Waals surface area contributed by atoms with E-state index in [1.54, 1.807) is 0 Å². The molecule has 0 amide bonds. The molecule has 1 heterocycles. The van der Waals surface area contributed by atoms with E-state index in [0.29, 0.717) is 6.29 Å². The van der Waals surface area contributed by atoms with Gasteiger partial charge in [0.1, 0.15) is 0 Å². The summed E-state index contributed by atoms with van der Waals surface area (Å²) in [5.74, 6) is -0.407. The Morgan fingerprint density at radius 1 is 1.24 bits per heavy atom. The molecule has 4 nitrogen and oxygen atoms in total. The molecule has 1 aromatic carbocycles. The van der Waals surface area contributed by atoms with Crippen LogP contribution < -0.4 is 0 Å². The standard InChI is InChI=1S/C10H5F3N2O2/c11-10(12,13)7-3-1-2-6(4-7)9-15-14-8(5-16)17-9/h1-5H. The van der Waals surface area contributed by atoms with E-state index in [4.69, 9.17) is 4.42 Å². The lowest BCUT2D eigenvalue weighted by molar-refractivity contribution is -0.137. The van der Waals surface area contributed by atoms with Crippen molar-refractivity contribution in [2.75, 3.05) is 0 Å². The lowest BCUT2D eigenvalue weighted by atomic mass is 10.1. The van der Waals surface area contributed by atoms with Crippen LogP contribution in [0.15, 0.2) is 28.7 Å². The first kappa shape index (κ1) is 11.3. The van der Waals surface area contributed by atoms with Crippen LogP contribution in [0.1, 0.15) is 16.2 Å². The van der Waals surface area contributed by atoms with Gasteiger partial charge in [0.05, 0.1) is 5.56 Å². The van der Waals surface area contributed by atoms with E-state index in [1.165, 1.54) is 12.1 Å². The fraction of sp³-hybridized carbons (Fsp3) is 0.100. The molecular weight excluding hydrogens is 237 g/mol. The topological polar surface area (TPSA) is 56.0 Å². The molecule has 0 bridgehead atoms. The van der Waals surface area contributed by atoms with Gasteiger partial charge in [0.2, 0.25) is 12.2 Å². The summed E-state index contributed by atoms with van der Waals surface area (Å²) in [6, 6.07) is 4.42. The zero-order chi connectivity index (χ0) is 12.5. The summed E-state index contributed by atoms with van der Waals surface area (Å²) in [4.78, 5) is 10.3. The maximum Gasteiger partial charge on any atom is 0.416 e. The summed E-state index contributed by atoms with van der Waals surface area (Å²) in [7, 11) is 0. The predicted molar refractivity (Wildman–Crippen MR) is 50.1 cm³/mol. The van der Waals surface area contributed by atoms with E-state index in [-0.39, 0.29) is 17.3 Å². The zero-order valence-electron chi connectivity index (χ0n) is 8.23. The molecule has 2 rings (SSSR count). The average molecular weight is 242 g/mol. The molecule has 17 heavy (non-hydrogen) atoms. The molecule has 0 saturated carbocycles. The number of hydrogen-bond donors (Lipinski definition) is 0. The minimum Gasteiger partial charge on any atom is -0.414 e. The minimum atomic E-state index is -4.44. The Hall–Kier alpha value is -2.18. The van der Waals surface area contributed by atoms with Crippen molar-refractivity contribution >= 4 is 6.29 Å². The number of alkyl halides is 3. The van der Waals surface area contributed by atoms with Crippen LogP contribution >= 0.6 is 0 Å². The second-order valence-corrected chi connectivity index (χ2v) is 3.14. The van der Waals surface area contributed by atoms with Gasteiger partial charge in [-0.05, 0) is 18.2 Å². The van der Waals surface area contributed by atoms with Crippen molar-refractivity contribution in [1.29, 1.82) is 0 Å². The Kier molecular flexibility index (Phi) is 2.66. The first-order valence-corrected chi connectivity index (χ1v) is 4.47. The molecule has 2 aromatic rings. The zero-order valence-corrected chi connectivity index (χ0v) is 8.23. The quantitative estimate of drug-likeness (QED) is 0.759. The summed E-state index contributed by atoms with van der Waals surface area (Å²) < 4.78 is 42.1. The smallest absolute Gasteiger partial charge is 0.414 e. The van der Waals surface area contributed by atoms with Crippen molar-refractivity contribution in [3.63, 3.8) is 0 Å². The number of carbonyl (C=O) groups is 1. The van der Waals surface area contributed by atoms with Crippen LogP contribution in [-0.2, 0) is 6.18 Å². The summed E-state index contributed by atoms with van der Waals surface area (Å²) in [5, 5.41) is 6.80. The first-order valence-electron chi connectivity index (χ1n) is 4.47. The van der Waals surface area contributed by atoms with E-state index in [2.05, 4.69) is 10.2 Å². The maximum atomic E-state index is 12.4. The number of hydrogen-bond acceptors (Lipinski definition) is 4. The molecule has 0 atom stereocenters. The van der Waals surface area contributed by atoms with Crippen LogP contribution in [-0.4, -0.2) is 16.5 Å². The van der Waals surface area contributed by atoms with Gasteiger partial charge in [-0.2, -0.15) is 13.2 Å². The summed E-state index contributed by atoms with van der Waals surface area (Å²) >= 11 is 0. The molecule has 0 aliphatic heterocycles.